The van der Waals surface area contributed by atoms with Gasteiger partial charge in [0.2, 0.25) is 11.8 Å². The first-order chi connectivity index (χ1) is 12.3. The van der Waals surface area contributed by atoms with Crippen LogP contribution in [0.15, 0.2) is 42.6 Å². The van der Waals surface area contributed by atoms with E-state index in [0.29, 0.717) is 12.1 Å². The molecule has 134 valence electrons. The average molecular weight is 349 g/mol. The highest BCUT2D eigenvalue weighted by Gasteiger charge is 2.15. The number of fused-ring (bicyclic) bond motifs is 1. The summed E-state index contributed by atoms with van der Waals surface area (Å²) in [4.78, 5) is 28.1. The molecule has 0 saturated carbocycles. The predicted octanol–water partition coefficient (Wildman–Crippen LogP) is 3.92. The number of rotatable bonds is 3. The molecule has 3 rings (SSSR count). The van der Waals surface area contributed by atoms with E-state index in [0.717, 1.165) is 28.9 Å². The number of hydrogen-bond donors (Lipinski definition) is 2. The van der Waals surface area contributed by atoms with E-state index in [9.17, 15) is 9.59 Å². The lowest BCUT2D eigenvalue weighted by molar-refractivity contribution is -0.116. The smallest absolute Gasteiger partial charge is 0.248 e. The normalized spacial score (nSPS) is 14.0. The van der Waals surface area contributed by atoms with E-state index >= 15 is 0 Å². The fraction of sp³-hybridized carbons (Fsp3) is 0.286. The molecule has 0 atom stereocenters. The van der Waals surface area contributed by atoms with Crippen LogP contribution in [0, 0.1) is 0 Å². The summed E-state index contributed by atoms with van der Waals surface area (Å²) < 4.78 is 0. The molecule has 1 aliphatic rings. The Labute approximate surface area is 153 Å². The average Bonchev–Trinajstić information content (AvgIpc) is 2.59. The second kappa shape index (κ2) is 7.12. The number of nitrogens with one attached hydrogen (secondary N) is 2. The number of amides is 2. The number of nitrogens with zero attached hydrogens (tertiary/aromatic N) is 1. The molecule has 2 heterocycles. The van der Waals surface area contributed by atoms with Crippen molar-refractivity contribution in [2.24, 2.45) is 0 Å². The van der Waals surface area contributed by atoms with Gasteiger partial charge in [0.25, 0.3) is 0 Å². The number of carbonyl (C=O) groups excluding carboxylic acids is 2. The van der Waals surface area contributed by atoms with Crippen LogP contribution in [-0.2, 0) is 21.4 Å². The van der Waals surface area contributed by atoms with Crippen molar-refractivity contribution < 1.29 is 9.59 Å². The van der Waals surface area contributed by atoms with Gasteiger partial charge in [-0.2, -0.15) is 0 Å². The van der Waals surface area contributed by atoms with E-state index in [1.54, 1.807) is 18.3 Å². The highest BCUT2D eigenvalue weighted by atomic mass is 16.2. The molecule has 1 aliphatic heterocycles. The lowest BCUT2D eigenvalue weighted by atomic mass is 9.91. The number of aromatic nitrogens is 1. The maximum absolute atomic E-state index is 12.1. The Morgan fingerprint density at radius 3 is 2.69 bits per heavy atom. The SMILES string of the molecule is CC(C)(C)c1ccc(/C=C/C(=O)Nc2ccc3c(c2)NC(=O)CC3)cn1. The minimum atomic E-state index is -0.230. The molecule has 2 amide bonds. The summed E-state index contributed by atoms with van der Waals surface area (Å²) in [5.74, 6) is -0.223. The van der Waals surface area contributed by atoms with Crippen molar-refractivity contribution in [3.05, 3.63) is 59.4 Å². The van der Waals surface area contributed by atoms with Gasteiger partial charge in [0.15, 0.2) is 0 Å². The van der Waals surface area contributed by atoms with Crippen LogP contribution in [0.2, 0.25) is 0 Å². The number of aryl methyl sites for hydroxylation is 1. The molecule has 0 radical (unpaired) electrons. The Morgan fingerprint density at radius 2 is 2.00 bits per heavy atom. The summed E-state index contributed by atoms with van der Waals surface area (Å²) in [5.41, 5.74) is 4.39. The van der Waals surface area contributed by atoms with Crippen LogP contribution in [0.3, 0.4) is 0 Å². The van der Waals surface area contributed by atoms with E-state index in [-0.39, 0.29) is 17.2 Å². The monoisotopic (exact) mass is 349 g/mol. The van der Waals surface area contributed by atoms with Crippen molar-refractivity contribution in [1.82, 2.24) is 4.98 Å². The maximum atomic E-state index is 12.1. The fourth-order valence-electron chi connectivity index (χ4n) is 2.75. The molecular weight excluding hydrogens is 326 g/mol. The summed E-state index contributed by atoms with van der Waals surface area (Å²) in [5, 5.41) is 5.65. The lowest BCUT2D eigenvalue weighted by Crippen LogP contribution is -2.19. The Kier molecular flexibility index (Phi) is 4.89. The lowest BCUT2D eigenvalue weighted by Gasteiger charge is -2.17. The van der Waals surface area contributed by atoms with Gasteiger partial charge in [-0.1, -0.05) is 32.9 Å². The van der Waals surface area contributed by atoms with Crippen LogP contribution in [-0.4, -0.2) is 16.8 Å². The highest BCUT2D eigenvalue weighted by Crippen LogP contribution is 2.26. The van der Waals surface area contributed by atoms with Crippen molar-refractivity contribution in [2.75, 3.05) is 10.6 Å². The van der Waals surface area contributed by atoms with E-state index < -0.39 is 0 Å². The number of anilines is 2. The maximum Gasteiger partial charge on any atom is 0.248 e. The fourth-order valence-corrected chi connectivity index (χ4v) is 2.75. The molecule has 0 unspecified atom stereocenters. The van der Waals surface area contributed by atoms with E-state index in [1.807, 2.05) is 24.3 Å². The van der Waals surface area contributed by atoms with Gasteiger partial charge < -0.3 is 10.6 Å². The minimum Gasteiger partial charge on any atom is -0.326 e. The molecule has 0 aliphatic carbocycles. The third-order valence-corrected chi connectivity index (χ3v) is 4.25. The molecule has 5 heteroatoms. The molecule has 2 N–H and O–H groups in total. The summed E-state index contributed by atoms with van der Waals surface area (Å²) in [6.45, 7) is 6.33. The predicted molar refractivity (Wildman–Crippen MR) is 104 cm³/mol. The van der Waals surface area contributed by atoms with Crippen LogP contribution in [0.4, 0.5) is 11.4 Å². The van der Waals surface area contributed by atoms with E-state index in [2.05, 4.69) is 36.4 Å². The van der Waals surface area contributed by atoms with Gasteiger partial charge in [0.05, 0.1) is 0 Å². The quantitative estimate of drug-likeness (QED) is 0.825. The van der Waals surface area contributed by atoms with Crippen molar-refractivity contribution in [1.29, 1.82) is 0 Å². The number of pyridine rings is 1. The molecule has 2 aromatic rings. The summed E-state index contributed by atoms with van der Waals surface area (Å²) in [6, 6.07) is 9.50. The van der Waals surface area contributed by atoms with Crippen LogP contribution < -0.4 is 10.6 Å². The third kappa shape index (κ3) is 4.36. The van der Waals surface area contributed by atoms with Gasteiger partial charge in [0, 0.05) is 41.2 Å². The van der Waals surface area contributed by atoms with Gasteiger partial charge in [-0.3, -0.25) is 14.6 Å². The second-order valence-corrected chi connectivity index (χ2v) is 7.47. The number of hydrogen-bond acceptors (Lipinski definition) is 3. The molecule has 26 heavy (non-hydrogen) atoms. The zero-order valence-electron chi connectivity index (χ0n) is 15.3. The third-order valence-electron chi connectivity index (χ3n) is 4.25. The zero-order chi connectivity index (χ0) is 18.7. The van der Waals surface area contributed by atoms with Gasteiger partial charge in [-0.05, 0) is 41.8 Å². The van der Waals surface area contributed by atoms with E-state index in [1.165, 1.54) is 6.08 Å². The Balaban J connectivity index is 1.64. The van der Waals surface area contributed by atoms with Crippen molar-refractivity contribution >= 4 is 29.3 Å². The molecule has 1 aromatic carbocycles. The summed E-state index contributed by atoms with van der Waals surface area (Å²) >= 11 is 0. The van der Waals surface area contributed by atoms with Gasteiger partial charge in [0.1, 0.15) is 0 Å². The summed E-state index contributed by atoms with van der Waals surface area (Å²) in [6.07, 6.45) is 6.20. The standard InChI is InChI=1S/C21H23N3O2/c1-21(2,3)18-9-4-14(13-22-18)5-10-19(25)23-16-8-6-15-7-11-20(26)24-17(15)12-16/h4-6,8-10,12-13H,7,11H2,1-3H3,(H,23,25)(H,24,26)/b10-5+. The van der Waals surface area contributed by atoms with Gasteiger partial charge in [-0.15, -0.1) is 0 Å². The van der Waals surface area contributed by atoms with Crippen LogP contribution >= 0.6 is 0 Å². The van der Waals surface area contributed by atoms with Crippen LogP contribution in [0.25, 0.3) is 6.08 Å². The topological polar surface area (TPSA) is 71.1 Å². The first-order valence-electron chi connectivity index (χ1n) is 8.70. The molecule has 0 bridgehead atoms. The Morgan fingerprint density at radius 1 is 1.19 bits per heavy atom. The zero-order valence-corrected chi connectivity index (χ0v) is 15.3. The van der Waals surface area contributed by atoms with Gasteiger partial charge >= 0.3 is 0 Å². The molecule has 0 saturated heterocycles. The van der Waals surface area contributed by atoms with Crippen molar-refractivity contribution in [3.8, 4) is 0 Å². The largest absolute Gasteiger partial charge is 0.326 e. The Bertz CT molecular complexity index is 862. The highest BCUT2D eigenvalue weighted by molar-refractivity contribution is 6.02. The molecule has 1 aromatic heterocycles. The molecular formula is C21H23N3O2. The Hall–Kier alpha value is -2.95. The van der Waals surface area contributed by atoms with Crippen LogP contribution in [0.1, 0.15) is 44.0 Å². The minimum absolute atomic E-state index is 0.00147. The first kappa shape index (κ1) is 17.9. The number of benzene rings is 1. The van der Waals surface area contributed by atoms with Gasteiger partial charge in [-0.25, -0.2) is 0 Å². The second-order valence-electron chi connectivity index (χ2n) is 7.47. The van der Waals surface area contributed by atoms with Crippen molar-refractivity contribution in [2.45, 2.75) is 39.0 Å². The summed E-state index contributed by atoms with van der Waals surface area (Å²) in [7, 11) is 0. The first-order valence-corrected chi connectivity index (χ1v) is 8.70. The molecule has 0 fully saturated rings. The number of carbonyl (C=O) groups is 2. The van der Waals surface area contributed by atoms with Crippen LogP contribution in [0.5, 0.6) is 0 Å². The molecule has 5 nitrogen and oxygen atoms in total. The van der Waals surface area contributed by atoms with Crippen molar-refractivity contribution in [3.63, 3.8) is 0 Å². The molecule has 0 spiro atoms. The van der Waals surface area contributed by atoms with E-state index in [4.69, 9.17) is 0 Å².